The Labute approximate surface area is 60.0 Å². The van der Waals surface area contributed by atoms with E-state index in [4.69, 9.17) is 11.6 Å². The summed E-state index contributed by atoms with van der Waals surface area (Å²) in [5.41, 5.74) is 10.7. The van der Waals surface area contributed by atoms with Crippen molar-refractivity contribution < 1.29 is 0 Å². The molecule has 1 rings (SSSR count). The number of hydrogen-bond acceptors (Lipinski definition) is 3. The third-order valence-corrected chi connectivity index (χ3v) is 1.36. The van der Waals surface area contributed by atoms with Crippen molar-refractivity contribution >= 4 is 11.4 Å². The Morgan fingerprint density at radius 1 is 1.40 bits per heavy atom. The molecule has 0 aromatic heterocycles. The standard InChI is InChI=1S/C7H11N3/c1-5-2-3-6(8)7(4-5)10-9/h2-4,10H,8-9H2,1H3. The molecule has 0 fully saturated rings. The Morgan fingerprint density at radius 2 is 2.10 bits per heavy atom. The minimum Gasteiger partial charge on any atom is -0.397 e. The number of anilines is 2. The molecular formula is C7H11N3. The maximum absolute atomic E-state index is 5.56. The zero-order valence-corrected chi connectivity index (χ0v) is 5.89. The molecule has 0 atom stereocenters. The van der Waals surface area contributed by atoms with Crippen molar-refractivity contribution in [3.05, 3.63) is 23.8 Å². The number of rotatable bonds is 1. The normalized spacial score (nSPS) is 9.40. The molecule has 0 aliphatic carbocycles. The molecule has 3 nitrogen and oxygen atoms in total. The number of aryl methyl sites for hydroxylation is 1. The molecule has 0 aliphatic rings. The van der Waals surface area contributed by atoms with E-state index in [0.717, 1.165) is 11.3 Å². The van der Waals surface area contributed by atoms with Gasteiger partial charge in [0.15, 0.2) is 0 Å². The predicted molar refractivity (Wildman–Crippen MR) is 43.4 cm³/mol. The summed E-state index contributed by atoms with van der Waals surface area (Å²) in [5, 5.41) is 0. The van der Waals surface area contributed by atoms with Crippen molar-refractivity contribution in [3.63, 3.8) is 0 Å². The quantitative estimate of drug-likeness (QED) is 0.305. The topological polar surface area (TPSA) is 64.1 Å². The third kappa shape index (κ3) is 1.19. The van der Waals surface area contributed by atoms with Gasteiger partial charge in [-0.15, -0.1) is 0 Å². The molecule has 0 heterocycles. The highest BCUT2D eigenvalue weighted by molar-refractivity contribution is 5.66. The summed E-state index contributed by atoms with van der Waals surface area (Å²) in [6.45, 7) is 1.99. The first-order valence-corrected chi connectivity index (χ1v) is 3.07. The van der Waals surface area contributed by atoms with Gasteiger partial charge < -0.3 is 11.2 Å². The number of nitrogens with one attached hydrogen (secondary N) is 1. The van der Waals surface area contributed by atoms with Crippen LogP contribution in [0.5, 0.6) is 0 Å². The molecule has 0 bridgehead atoms. The zero-order valence-electron chi connectivity index (χ0n) is 5.89. The minimum absolute atomic E-state index is 0.674. The fraction of sp³-hybridized carbons (Fsp3) is 0.143. The summed E-state index contributed by atoms with van der Waals surface area (Å²) in [4.78, 5) is 0. The van der Waals surface area contributed by atoms with E-state index in [1.54, 1.807) is 0 Å². The van der Waals surface area contributed by atoms with Crippen molar-refractivity contribution in [1.29, 1.82) is 0 Å². The fourth-order valence-electron chi connectivity index (χ4n) is 0.795. The molecule has 5 N–H and O–H groups in total. The summed E-state index contributed by atoms with van der Waals surface area (Å²) in [5.74, 6) is 5.19. The van der Waals surface area contributed by atoms with Gasteiger partial charge in [-0.2, -0.15) is 0 Å². The first-order chi connectivity index (χ1) is 4.74. The molecule has 1 aromatic carbocycles. The number of hydrogen-bond donors (Lipinski definition) is 3. The maximum Gasteiger partial charge on any atom is 0.0718 e. The van der Waals surface area contributed by atoms with Gasteiger partial charge >= 0.3 is 0 Å². The van der Waals surface area contributed by atoms with Crippen LogP contribution in [0.1, 0.15) is 5.56 Å². The minimum atomic E-state index is 0.674. The fourth-order valence-corrected chi connectivity index (χ4v) is 0.795. The van der Waals surface area contributed by atoms with Crippen molar-refractivity contribution in [2.24, 2.45) is 5.84 Å². The largest absolute Gasteiger partial charge is 0.397 e. The SMILES string of the molecule is Cc1ccc(N)c(NN)c1. The van der Waals surface area contributed by atoms with Gasteiger partial charge in [0.1, 0.15) is 0 Å². The van der Waals surface area contributed by atoms with E-state index in [-0.39, 0.29) is 0 Å². The molecule has 0 saturated heterocycles. The lowest BCUT2D eigenvalue weighted by atomic mass is 10.2. The van der Waals surface area contributed by atoms with E-state index < -0.39 is 0 Å². The second kappa shape index (κ2) is 2.58. The summed E-state index contributed by atoms with van der Waals surface area (Å²) >= 11 is 0. The van der Waals surface area contributed by atoms with E-state index in [0.29, 0.717) is 5.69 Å². The third-order valence-electron chi connectivity index (χ3n) is 1.36. The lowest BCUT2D eigenvalue weighted by Crippen LogP contribution is -2.08. The first-order valence-electron chi connectivity index (χ1n) is 3.07. The number of nitrogen functional groups attached to an aromatic ring is 2. The van der Waals surface area contributed by atoms with E-state index in [1.807, 2.05) is 25.1 Å². The van der Waals surface area contributed by atoms with Crippen LogP contribution in [-0.2, 0) is 0 Å². The summed E-state index contributed by atoms with van der Waals surface area (Å²) in [6.07, 6.45) is 0. The van der Waals surface area contributed by atoms with Crippen LogP contribution in [-0.4, -0.2) is 0 Å². The molecule has 10 heavy (non-hydrogen) atoms. The second-order valence-corrected chi connectivity index (χ2v) is 2.24. The highest BCUT2D eigenvalue weighted by atomic mass is 15.2. The average Bonchev–Trinajstić information content (AvgIpc) is 1.94. The van der Waals surface area contributed by atoms with Crippen LogP contribution in [0.4, 0.5) is 11.4 Å². The predicted octanol–water partition coefficient (Wildman–Crippen LogP) is 0.863. The van der Waals surface area contributed by atoms with Gasteiger partial charge in [-0.3, -0.25) is 5.84 Å². The molecule has 0 amide bonds. The number of benzene rings is 1. The Kier molecular flexibility index (Phi) is 1.78. The monoisotopic (exact) mass is 137 g/mol. The van der Waals surface area contributed by atoms with Crippen LogP contribution in [0.25, 0.3) is 0 Å². The lowest BCUT2D eigenvalue weighted by molar-refractivity contribution is 1.33. The molecule has 0 aliphatic heterocycles. The highest BCUT2D eigenvalue weighted by Crippen LogP contribution is 2.17. The van der Waals surface area contributed by atoms with E-state index in [9.17, 15) is 0 Å². The molecule has 0 spiro atoms. The summed E-state index contributed by atoms with van der Waals surface area (Å²) in [6, 6.07) is 5.66. The number of hydrazine groups is 1. The molecule has 0 saturated carbocycles. The number of nitrogens with two attached hydrogens (primary N) is 2. The Hall–Kier alpha value is -1.22. The van der Waals surface area contributed by atoms with Gasteiger partial charge in [0, 0.05) is 0 Å². The first kappa shape index (κ1) is 6.89. The Bertz CT molecular complexity index is 232. The van der Waals surface area contributed by atoms with Crippen LogP contribution in [0.3, 0.4) is 0 Å². The smallest absolute Gasteiger partial charge is 0.0718 e. The Balaban J connectivity index is 3.09. The zero-order chi connectivity index (χ0) is 7.56. The van der Waals surface area contributed by atoms with Crippen LogP contribution in [0.2, 0.25) is 0 Å². The Morgan fingerprint density at radius 3 is 2.60 bits per heavy atom. The molecule has 0 unspecified atom stereocenters. The highest BCUT2D eigenvalue weighted by Gasteiger charge is 1.94. The van der Waals surface area contributed by atoms with Crippen molar-refractivity contribution in [3.8, 4) is 0 Å². The maximum atomic E-state index is 5.56. The van der Waals surface area contributed by atoms with Gasteiger partial charge in [0.25, 0.3) is 0 Å². The van der Waals surface area contributed by atoms with Crippen molar-refractivity contribution in [2.75, 3.05) is 11.2 Å². The molecular weight excluding hydrogens is 126 g/mol. The second-order valence-electron chi connectivity index (χ2n) is 2.24. The van der Waals surface area contributed by atoms with Crippen LogP contribution >= 0.6 is 0 Å². The van der Waals surface area contributed by atoms with E-state index >= 15 is 0 Å². The molecule has 54 valence electrons. The molecule has 1 aromatic rings. The average molecular weight is 137 g/mol. The molecule has 0 radical (unpaired) electrons. The summed E-state index contributed by atoms with van der Waals surface area (Å²) in [7, 11) is 0. The van der Waals surface area contributed by atoms with Crippen molar-refractivity contribution in [1.82, 2.24) is 0 Å². The van der Waals surface area contributed by atoms with E-state index in [1.165, 1.54) is 0 Å². The van der Waals surface area contributed by atoms with E-state index in [2.05, 4.69) is 5.43 Å². The van der Waals surface area contributed by atoms with Gasteiger partial charge in [0.05, 0.1) is 11.4 Å². The van der Waals surface area contributed by atoms with Crippen molar-refractivity contribution in [2.45, 2.75) is 6.92 Å². The van der Waals surface area contributed by atoms with Gasteiger partial charge in [-0.25, -0.2) is 0 Å². The van der Waals surface area contributed by atoms with Gasteiger partial charge in [-0.1, -0.05) is 6.07 Å². The molecule has 3 heteroatoms. The summed E-state index contributed by atoms with van der Waals surface area (Å²) < 4.78 is 0. The van der Waals surface area contributed by atoms with Crippen LogP contribution in [0, 0.1) is 6.92 Å². The van der Waals surface area contributed by atoms with Crippen LogP contribution < -0.4 is 17.0 Å². The van der Waals surface area contributed by atoms with Gasteiger partial charge in [0.2, 0.25) is 0 Å². The van der Waals surface area contributed by atoms with Gasteiger partial charge in [-0.05, 0) is 24.6 Å². The van der Waals surface area contributed by atoms with Crippen LogP contribution in [0.15, 0.2) is 18.2 Å². The lowest BCUT2D eigenvalue weighted by Gasteiger charge is -2.03.